The first kappa shape index (κ1) is 18.3. The molecule has 0 bridgehead atoms. The van der Waals surface area contributed by atoms with Crippen molar-refractivity contribution >= 4 is 34.7 Å². The Morgan fingerprint density at radius 1 is 1.31 bits per heavy atom. The number of carbonyl (C=O) groups excluding carboxylic acids is 2. The van der Waals surface area contributed by atoms with E-state index in [9.17, 15) is 9.59 Å². The number of rotatable bonds is 6. The normalized spacial score (nSPS) is 15.3. The van der Waals surface area contributed by atoms with Crippen molar-refractivity contribution in [3.05, 3.63) is 40.7 Å². The molecule has 1 aliphatic heterocycles. The molecule has 7 nitrogen and oxygen atoms in total. The van der Waals surface area contributed by atoms with Crippen LogP contribution in [0.4, 0.5) is 11.5 Å². The third-order valence-corrected chi connectivity index (χ3v) is 5.01. The highest BCUT2D eigenvalue weighted by atomic mass is 32.1. The Morgan fingerprint density at radius 3 is 2.73 bits per heavy atom. The lowest BCUT2D eigenvalue weighted by atomic mass is 10.1. The number of carbonyl (C=O) groups is 2. The fraction of sp³-hybridized carbons (Fsp3) is 0.389. The second kappa shape index (κ2) is 8.77. The van der Waals surface area contributed by atoms with Crippen molar-refractivity contribution in [2.75, 3.05) is 36.5 Å². The summed E-state index contributed by atoms with van der Waals surface area (Å²) in [5, 5.41) is 7.60. The molecule has 0 aliphatic carbocycles. The molecule has 3 rings (SSSR count). The Kier molecular flexibility index (Phi) is 6.19. The maximum atomic E-state index is 12.4. The number of aromatic nitrogens is 1. The van der Waals surface area contributed by atoms with Crippen molar-refractivity contribution in [3.8, 4) is 0 Å². The summed E-state index contributed by atoms with van der Waals surface area (Å²) >= 11 is 1.52. The average Bonchev–Trinajstić information content (AvgIpc) is 3.17. The zero-order valence-corrected chi connectivity index (χ0v) is 15.4. The molecule has 0 unspecified atom stereocenters. The molecule has 0 spiro atoms. The number of morpholine rings is 1. The predicted molar refractivity (Wildman–Crippen MR) is 101 cm³/mol. The molecule has 1 aliphatic rings. The van der Waals surface area contributed by atoms with Gasteiger partial charge in [-0.25, -0.2) is 4.98 Å². The molecular formula is C18H22N4O3S. The topological polar surface area (TPSA) is 83.6 Å². The summed E-state index contributed by atoms with van der Waals surface area (Å²) in [5.74, 6) is 0.548. The fourth-order valence-corrected chi connectivity index (χ4v) is 3.57. The van der Waals surface area contributed by atoms with Gasteiger partial charge >= 0.3 is 0 Å². The van der Waals surface area contributed by atoms with Crippen LogP contribution < -0.4 is 15.5 Å². The van der Waals surface area contributed by atoms with Gasteiger partial charge in [0.25, 0.3) is 0 Å². The quantitative estimate of drug-likeness (QED) is 0.810. The molecule has 3 heterocycles. The van der Waals surface area contributed by atoms with Crippen molar-refractivity contribution in [2.24, 2.45) is 0 Å². The third-order valence-electron chi connectivity index (χ3n) is 4.02. The number of nitrogens with zero attached hydrogens (tertiary/aromatic N) is 2. The van der Waals surface area contributed by atoms with Crippen LogP contribution in [0.15, 0.2) is 35.8 Å². The molecule has 0 radical (unpaired) electrons. The number of hydrogen-bond donors (Lipinski definition) is 2. The van der Waals surface area contributed by atoms with Gasteiger partial charge in [-0.2, -0.15) is 0 Å². The minimum absolute atomic E-state index is 0.160. The summed E-state index contributed by atoms with van der Waals surface area (Å²) in [6.07, 6.45) is 1.83. The lowest BCUT2D eigenvalue weighted by Gasteiger charge is -2.27. The summed E-state index contributed by atoms with van der Waals surface area (Å²) in [6.45, 7) is 4.49. The first-order valence-corrected chi connectivity index (χ1v) is 9.39. The van der Waals surface area contributed by atoms with E-state index in [1.165, 1.54) is 18.3 Å². The standard InChI is InChI=1S/C18H22N4O3S/c1-13(23)20-15(16-3-2-10-26-16)11-18(24)21-14-4-5-17(19-12-14)22-6-8-25-9-7-22/h2-5,10,12,15H,6-9,11H2,1H3,(H,20,23)(H,21,24)/t15-/m0/s1. The Bertz CT molecular complexity index is 727. The first-order valence-electron chi connectivity index (χ1n) is 8.51. The number of hydrogen-bond acceptors (Lipinski definition) is 6. The van der Waals surface area contributed by atoms with Gasteiger partial charge in [0.05, 0.1) is 37.6 Å². The zero-order chi connectivity index (χ0) is 18.4. The van der Waals surface area contributed by atoms with Crippen LogP contribution in [-0.2, 0) is 14.3 Å². The molecule has 26 heavy (non-hydrogen) atoms. The number of thiophene rings is 1. The van der Waals surface area contributed by atoms with Gasteiger partial charge in [0, 0.05) is 24.9 Å². The van der Waals surface area contributed by atoms with Gasteiger partial charge in [-0.3, -0.25) is 9.59 Å². The highest BCUT2D eigenvalue weighted by molar-refractivity contribution is 7.10. The molecule has 2 aromatic rings. The van der Waals surface area contributed by atoms with Crippen LogP contribution in [-0.4, -0.2) is 43.1 Å². The molecule has 2 aromatic heterocycles. The summed E-state index contributed by atoms with van der Waals surface area (Å²) in [5.41, 5.74) is 0.639. The highest BCUT2D eigenvalue weighted by Gasteiger charge is 2.18. The maximum Gasteiger partial charge on any atom is 0.226 e. The molecule has 138 valence electrons. The van der Waals surface area contributed by atoms with Crippen LogP contribution in [0.1, 0.15) is 24.3 Å². The summed E-state index contributed by atoms with van der Waals surface area (Å²) in [6, 6.07) is 7.23. The van der Waals surface area contributed by atoms with Crippen molar-refractivity contribution in [2.45, 2.75) is 19.4 Å². The number of pyridine rings is 1. The Balaban J connectivity index is 1.58. The van der Waals surface area contributed by atoms with Crippen LogP contribution in [0, 0.1) is 0 Å². The molecule has 8 heteroatoms. The molecule has 1 atom stereocenters. The lowest BCUT2D eigenvalue weighted by molar-refractivity contribution is -0.120. The van der Waals surface area contributed by atoms with E-state index in [0.29, 0.717) is 18.9 Å². The van der Waals surface area contributed by atoms with Gasteiger partial charge in [-0.05, 0) is 23.6 Å². The third kappa shape index (κ3) is 5.03. The van der Waals surface area contributed by atoms with E-state index in [1.54, 1.807) is 6.20 Å². The zero-order valence-electron chi connectivity index (χ0n) is 14.6. The lowest BCUT2D eigenvalue weighted by Crippen LogP contribution is -2.36. The van der Waals surface area contributed by atoms with E-state index in [-0.39, 0.29) is 24.3 Å². The molecule has 1 fully saturated rings. The van der Waals surface area contributed by atoms with Crippen molar-refractivity contribution in [1.29, 1.82) is 0 Å². The number of ether oxygens (including phenoxy) is 1. The molecule has 0 saturated carbocycles. The van der Waals surface area contributed by atoms with Gasteiger partial charge in [0.15, 0.2) is 0 Å². The molecular weight excluding hydrogens is 352 g/mol. The molecule has 2 amide bonds. The summed E-state index contributed by atoms with van der Waals surface area (Å²) in [4.78, 5) is 31.3. The van der Waals surface area contributed by atoms with Crippen LogP contribution in [0.3, 0.4) is 0 Å². The van der Waals surface area contributed by atoms with Gasteiger partial charge in [0.2, 0.25) is 11.8 Å². The van der Waals surface area contributed by atoms with Crippen LogP contribution in [0.5, 0.6) is 0 Å². The van der Waals surface area contributed by atoms with E-state index in [4.69, 9.17) is 4.74 Å². The van der Waals surface area contributed by atoms with Crippen LogP contribution in [0.25, 0.3) is 0 Å². The smallest absolute Gasteiger partial charge is 0.226 e. The maximum absolute atomic E-state index is 12.4. The minimum Gasteiger partial charge on any atom is -0.378 e. The summed E-state index contributed by atoms with van der Waals surface area (Å²) in [7, 11) is 0. The van der Waals surface area contributed by atoms with E-state index in [1.807, 2.05) is 29.6 Å². The molecule has 0 aromatic carbocycles. The SMILES string of the molecule is CC(=O)N[C@@H](CC(=O)Nc1ccc(N2CCOCC2)nc1)c1cccs1. The first-order chi connectivity index (χ1) is 12.6. The van der Waals surface area contributed by atoms with E-state index >= 15 is 0 Å². The second-order valence-corrected chi connectivity index (χ2v) is 7.00. The van der Waals surface area contributed by atoms with Crippen LogP contribution in [0.2, 0.25) is 0 Å². The predicted octanol–water partition coefficient (Wildman–Crippen LogP) is 2.19. The van der Waals surface area contributed by atoms with Crippen molar-refractivity contribution in [1.82, 2.24) is 10.3 Å². The Hall–Kier alpha value is -2.45. The van der Waals surface area contributed by atoms with Gasteiger partial charge < -0.3 is 20.3 Å². The largest absolute Gasteiger partial charge is 0.378 e. The monoisotopic (exact) mass is 374 g/mol. The number of anilines is 2. The molecule has 2 N–H and O–H groups in total. The van der Waals surface area contributed by atoms with E-state index in [2.05, 4.69) is 20.5 Å². The van der Waals surface area contributed by atoms with Gasteiger partial charge in [0.1, 0.15) is 5.82 Å². The van der Waals surface area contributed by atoms with Crippen molar-refractivity contribution < 1.29 is 14.3 Å². The van der Waals surface area contributed by atoms with Crippen molar-refractivity contribution in [3.63, 3.8) is 0 Å². The van der Waals surface area contributed by atoms with Gasteiger partial charge in [-0.1, -0.05) is 6.07 Å². The second-order valence-electron chi connectivity index (χ2n) is 6.03. The number of nitrogens with one attached hydrogen (secondary N) is 2. The fourth-order valence-electron chi connectivity index (χ4n) is 2.79. The molecule has 1 saturated heterocycles. The number of amides is 2. The Labute approximate surface area is 156 Å². The van der Waals surface area contributed by atoms with E-state index in [0.717, 1.165) is 23.8 Å². The summed E-state index contributed by atoms with van der Waals surface area (Å²) < 4.78 is 5.34. The van der Waals surface area contributed by atoms with Gasteiger partial charge in [-0.15, -0.1) is 11.3 Å². The van der Waals surface area contributed by atoms with E-state index < -0.39 is 0 Å². The minimum atomic E-state index is -0.326. The van der Waals surface area contributed by atoms with Crippen LogP contribution >= 0.6 is 11.3 Å². The average molecular weight is 374 g/mol. The highest BCUT2D eigenvalue weighted by Crippen LogP contribution is 2.23. The Morgan fingerprint density at radius 2 is 2.12 bits per heavy atom.